The number of carbonyl (C=O) groups is 1. The third kappa shape index (κ3) is 3.57. The topological polar surface area (TPSA) is 86.5 Å². The average Bonchev–Trinajstić information content (AvgIpc) is 2.46. The van der Waals surface area contributed by atoms with Gasteiger partial charge >= 0.3 is 5.97 Å². The normalized spacial score (nSPS) is 16.1. The van der Waals surface area contributed by atoms with Crippen molar-refractivity contribution in [3.8, 4) is 0 Å². The summed E-state index contributed by atoms with van der Waals surface area (Å²) < 4.78 is 10.1. The number of hydrogen-bond acceptors (Lipinski definition) is 6. The Morgan fingerprint density at radius 3 is 3.00 bits per heavy atom. The van der Waals surface area contributed by atoms with E-state index in [1.165, 1.54) is 13.2 Å². The van der Waals surface area contributed by atoms with E-state index < -0.39 is 5.97 Å². The quantitative estimate of drug-likeness (QED) is 0.798. The molecule has 2 heterocycles. The number of nitrogen functional groups attached to an aromatic ring is 1. The predicted molar refractivity (Wildman–Crippen MR) is 72.0 cm³/mol. The molecule has 2 rings (SSSR count). The minimum Gasteiger partial charge on any atom is -0.465 e. The molecular weight excluding hydrogens is 246 g/mol. The Morgan fingerprint density at radius 2 is 2.32 bits per heavy atom. The summed E-state index contributed by atoms with van der Waals surface area (Å²) in [6.07, 6.45) is 3.63. The van der Waals surface area contributed by atoms with Gasteiger partial charge in [0.25, 0.3) is 0 Å². The van der Waals surface area contributed by atoms with Crippen LogP contribution in [0.4, 0.5) is 11.5 Å². The molecule has 6 nitrogen and oxygen atoms in total. The molecule has 1 aliphatic heterocycles. The highest BCUT2D eigenvalue weighted by atomic mass is 16.5. The molecule has 104 valence electrons. The van der Waals surface area contributed by atoms with Crippen LogP contribution in [0.2, 0.25) is 0 Å². The van der Waals surface area contributed by atoms with E-state index in [9.17, 15) is 4.79 Å². The maximum atomic E-state index is 11.7. The number of methoxy groups -OCH3 is 1. The molecule has 6 heteroatoms. The standard InChI is InChI=1S/C13H19N3O3/c1-18-13(17)10-6-12(14)16-8-11(10)15-7-9-2-4-19-5-3-9/h6,8-9,15H,2-5,7H2,1H3,(H2,14,16). The molecule has 1 saturated heterocycles. The van der Waals surface area contributed by atoms with Gasteiger partial charge in [-0.05, 0) is 24.8 Å². The summed E-state index contributed by atoms with van der Waals surface area (Å²) in [5.74, 6) is 0.442. The first kappa shape index (κ1) is 13.6. The molecular formula is C13H19N3O3. The minimum absolute atomic E-state index is 0.303. The van der Waals surface area contributed by atoms with Gasteiger partial charge in [-0.25, -0.2) is 9.78 Å². The molecule has 1 aromatic heterocycles. The van der Waals surface area contributed by atoms with Crippen LogP contribution in [0.15, 0.2) is 12.3 Å². The molecule has 0 spiro atoms. The molecule has 0 aromatic carbocycles. The third-order valence-electron chi connectivity index (χ3n) is 3.25. The first-order valence-corrected chi connectivity index (χ1v) is 6.36. The minimum atomic E-state index is -0.413. The number of nitrogens with two attached hydrogens (primary N) is 1. The summed E-state index contributed by atoms with van der Waals surface area (Å²) in [6.45, 7) is 2.39. The second kappa shape index (κ2) is 6.38. The number of anilines is 2. The van der Waals surface area contributed by atoms with Crippen molar-refractivity contribution in [1.29, 1.82) is 0 Å². The van der Waals surface area contributed by atoms with Gasteiger partial charge in [0.15, 0.2) is 0 Å². The Morgan fingerprint density at radius 1 is 1.58 bits per heavy atom. The number of pyridine rings is 1. The summed E-state index contributed by atoms with van der Waals surface area (Å²) in [7, 11) is 1.35. The number of ether oxygens (including phenoxy) is 2. The van der Waals surface area contributed by atoms with Gasteiger partial charge in [0.2, 0.25) is 0 Å². The zero-order valence-corrected chi connectivity index (χ0v) is 11.0. The molecule has 0 radical (unpaired) electrons. The van der Waals surface area contributed by atoms with E-state index in [0.29, 0.717) is 23.0 Å². The lowest BCUT2D eigenvalue weighted by atomic mass is 10.0. The zero-order chi connectivity index (χ0) is 13.7. The predicted octanol–water partition coefficient (Wildman–Crippen LogP) is 1.29. The van der Waals surface area contributed by atoms with E-state index in [1.807, 2.05) is 0 Å². The van der Waals surface area contributed by atoms with Crippen LogP contribution in [0.25, 0.3) is 0 Å². The number of esters is 1. The second-order valence-electron chi connectivity index (χ2n) is 4.58. The molecule has 1 fully saturated rings. The second-order valence-corrected chi connectivity index (χ2v) is 4.58. The van der Waals surface area contributed by atoms with Crippen molar-refractivity contribution in [3.05, 3.63) is 17.8 Å². The SMILES string of the molecule is COC(=O)c1cc(N)ncc1NCC1CCOCC1. The van der Waals surface area contributed by atoms with Crippen LogP contribution in [0.1, 0.15) is 23.2 Å². The summed E-state index contributed by atoms with van der Waals surface area (Å²) in [5, 5.41) is 3.25. The van der Waals surface area contributed by atoms with Gasteiger partial charge in [0.1, 0.15) is 5.82 Å². The molecule has 0 atom stereocenters. The van der Waals surface area contributed by atoms with Crippen molar-refractivity contribution in [1.82, 2.24) is 4.98 Å². The van der Waals surface area contributed by atoms with Crippen LogP contribution in [-0.4, -0.2) is 37.8 Å². The summed E-state index contributed by atoms with van der Waals surface area (Å²) in [6, 6.07) is 1.53. The van der Waals surface area contributed by atoms with E-state index in [2.05, 4.69) is 10.3 Å². The zero-order valence-electron chi connectivity index (χ0n) is 11.0. The Labute approximate surface area is 112 Å². The van der Waals surface area contributed by atoms with E-state index in [0.717, 1.165) is 32.6 Å². The van der Waals surface area contributed by atoms with Crippen molar-refractivity contribution in [2.45, 2.75) is 12.8 Å². The van der Waals surface area contributed by atoms with Crippen LogP contribution >= 0.6 is 0 Å². The highest BCUT2D eigenvalue weighted by Gasteiger charge is 2.16. The van der Waals surface area contributed by atoms with Gasteiger partial charge in [0, 0.05) is 19.8 Å². The highest BCUT2D eigenvalue weighted by Crippen LogP contribution is 2.20. The molecule has 0 aliphatic carbocycles. The number of nitrogens with one attached hydrogen (secondary N) is 1. The van der Waals surface area contributed by atoms with Gasteiger partial charge in [0.05, 0.1) is 24.6 Å². The van der Waals surface area contributed by atoms with Crippen molar-refractivity contribution in [3.63, 3.8) is 0 Å². The number of nitrogens with zero attached hydrogens (tertiary/aromatic N) is 1. The summed E-state index contributed by atoms with van der Waals surface area (Å²) >= 11 is 0. The average molecular weight is 265 g/mol. The first-order valence-electron chi connectivity index (χ1n) is 6.36. The molecule has 1 aromatic rings. The Kier molecular flexibility index (Phi) is 4.57. The van der Waals surface area contributed by atoms with Gasteiger partial charge < -0.3 is 20.5 Å². The summed E-state index contributed by atoms with van der Waals surface area (Å²) in [5.41, 5.74) is 6.67. The van der Waals surface area contributed by atoms with Gasteiger partial charge in [-0.3, -0.25) is 0 Å². The third-order valence-corrected chi connectivity index (χ3v) is 3.25. The fraction of sp³-hybridized carbons (Fsp3) is 0.538. The van der Waals surface area contributed by atoms with Gasteiger partial charge in [-0.15, -0.1) is 0 Å². The molecule has 19 heavy (non-hydrogen) atoms. The first-order chi connectivity index (χ1) is 9.20. The van der Waals surface area contributed by atoms with Crippen molar-refractivity contribution < 1.29 is 14.3 Å². The molecule has 0 bridgehead atoms. The largest absolute Gasteiger partial charge is 0.465 e. The molecule has 3 N–H and O–H groups in total. The number of aromatic nitrogens is 1. The Balaban J connectivity index is 2.04. The summed E-state index contributed by atoms with van der Waals surface area (Å²) in [4.78, 5) is 15.7. The number of rotatable bonds is 4. The maximum Gasteiger partial charge on any atom is 0.340 e. The van der Waals surface area contributed by atoms with Crippen LogP contribution in [0, 0.1) is 5.92 Å². The number of hydrogen-bond donors (Lipinski definition) is 2. The van der Waals surface area contributed by atoms with E-state index in [-0.39, 0.29) is 0 Å². The van der Waals surface area contributed by atoms with Gasteiger partial charge in [-0.1, -0.05) is 0 Å². The molecule has 0 amide bonds. The van der Waals surface area contributed by atoms with Crippen LogP contribution in [-0.2, 0) is 9.47 Å². The van der Waals surface area contributed by atoms with Crippen LogP contribution in [0.3, 0.4) is 0 Å². The lowest BCUT2D eigenvalue weighted by Gasteiger charge is -2.23. The molecule has 1 aliphatic rings. The van der Waals surface area contributed by atoms with E-state index in [1.54, 1.807) is 6.20 Å². The monoisotopic (exact) mass is 265 g/mol. The van der Waals surface area contributed by atoms with E-state index in [4.69, 9.17) is 15.2 Å². The van der Waals surface area contributed by atoms with Gasteiger partial charge in [-0.2, -0.15) is 0 Å². The smallest absolute Gasteiger partial charge is 0.340 e. The van der Waals surface area contributed by atoms with Crippen molar-refractivity contribution in [2.24, 2.45) is 5.92 Å². The molecule has 0 unspecified atom stereocenters. The number of carbonyl (C=O) groups excluding carboxylic acids is 1. The highest BCUT2D eigenvalue weighted by molar-refractivity contribution is 5.96. The van der Waals surface area contributed by atoms with Crippen molar-refractivity contribution >= 4 is 17.5 Å². The van der Waals surface area contributed by atoms with E-state index >= 15 is 0 Å². The lowest BCUT2D eigenvalue weighted by molar-refractivity contribution is 0.0601. The molecule has 0 saturated carbocycles. The van der Waals surface area contributed by atoms with Crippen LogP contribution in [0.5, 0.6) is 0 Å². The fourth-order valence-electron chi connectivity index (χ4n) is 2.10. The maximum absolute atomic E-state index is 11.7. The Bertz CT molecular complexity index is 445. The van der Waals surface area contributed by atoms with Crippen LogP contribution < -0.4 is 11.1 Å². The van der Waals surface area contributed by atoms with Crippen molar-refractivity contribution in [2.75, 3.05) is 37.9 Å². The lowest BCUT2D eigenvalue weighted by Crippen LogP contribution is -2.23. The Hall–Kier alpha value is -1.82. The fourth-order valence-corrected chi connectivity index (χ4v) is 2.10.